The van der Waals surface area contributed by atoms with Crippen molar-refractivity contribution in [3.63, 3.8) is 0 Å². The second-order valence-electron chi connectivity index (χ2n) is 4.46. The summed E-state index contributed by atoms with van der Waals surface area (Å²) < 4.78 is 25.1. The fourth-order valence-corrected chi connectivity index (χ4v) is 4.61. The van der Waals surface area contributed by atoms with E-state index in [1.165, 1.54) is 0 Å². The molecule has 0 bridgehead atoms. The Morgan fingerprint density at radius 3 is 2.36 bits per heavy atom. The SMILES string of the molecule is CN(CC1CC(Br)C1)S(=O)(=O)C1CC1. The Morgan fingerprint density at radius 1 is 1.36 bits per heavy atom. The summed E-state index contributed by atoms with van der Waals surface area (Å²) >= 11 is 3.51. The van der Waals surface area contributed by atoms with Gasteiger partial charge in [0.1, 0.15) is 0 Å². The van der Waals surface area contributed by atoms with Crippen molar-refractivity contribution in [1.29, 1.82) is 0 Å². The summed E-state index contributed by atoms with van der Waals surface area (Å²) in [5.41, 5.74) is 0. The van der Waals surface area contributed by atoms with Crippen molar-refractivity contribution < 1.29 is 8.42 Å². The van der Waals surface area contributed by atoms with Crippen molar-refractivity contribution in [2.24, 2.45) is 5.92 Å². The minimum absolute atomic E-state index is 0.0626. The molecule has 2 saturated carbocycles. The number of hydrogen-bond acceptors (Lipinski definition) is 2. The molecule has 0 heterocycles. The van der Waals surface area contributed by atoms with Gasteiger partial charge in [-0.25, -0.2) is 12.7 Å². The van der Waals surface area contributed by atoms with Crippen LogP contribution in [0.1, 0.15) is 25.7 Å². The summed E-state index contributed by atoms with van der Waals surface area (Å²) in [6.07, 6.45) is 3.95. The van der Waals surface area contributed by atoms with E-state index in [9.17, 15) is 8.42 Å². The lowest BCUT2D eigenvalue weighted by molar-refractivity contribution is 0.275. The average molecular weight is 282 g/mol. The molecule has 0 saturated heterocycles. The molecular weight excluding hydrogens is 266 g/mol. The maximum Gasteiger partial charge on any atom is 0.216 e. The van der Waals surface area contributed by atoms with Crippen LogP contribution in [-0.2, 0) is 10.0 Å². The van der Waals surface area contributed by atoms with E-state index in [0.717, 1.165) is 25.7 Å². The summed E-state index contributed by atoms with van der Waals surface area (Å²) in [6, 6.07) is 0. The van der Waals surface area contributed by atoms with E-state index in [0.29, 0.717) is 17.3 Å². The van der Waals surface area contributed by atoms with Gasteiger partial charge in [-0.15, -0.1) is 0 Å². The first-order valence-corrected chi connectivity index (χ1v) is 7.51. The van der Waals surface area contributed by atoms with E-state index in [1.807, 2.05) is 0 Å². The second-order valence-corrected chi connectivity index (χ2v) is 8.07. The lowest BCUT2D eigenvalue weighted by Gasteiger charge is -2.34. The van der Waals surface area contributed by atoms with E-state index < -0.39 is 10.0 Å². The molecule has 0 aromatic rings. The molecule has 0 radical (unpaired) electrons. The van der Waals surface area contributed by atoms with Crippen molar-refractivity contribution in [2.45, 2.75) is 35.8 Å². The number of hydrogen-bond donors (Lipinski definition) is 0. The summed E-state index contributed by atoms with van der Waals surface area (Å²) in [5.74, 6) is 0.567. The zero-order valence-corrected chi connectivity index (χ0v) is 10.7. The number of halogens is 1. The highest BCUT2D eigenvalue weighted by molar-refractivity contribution is 9.09. The molecule has 2 aliphatic rings. The van der Waals surface area contributed by atoms with Crippen LogP contribution in [0.2, 0.25) is 0 Å². The molecule has 0 N–H and O–H groups in total. The summed E-state index contributed by atoms with van der Waals surface area (Å²) in [5, 5.41) is -0.0626. The number of alkyl halides is 1. The fourth-order valence-electron chi connectivity index (χ4n) is 1.89. The summed E-state index contributed by atoms with van der Waals surface area (Å²) in [6.45, 7) is 0.709. The van der Waals surface area contributed by atoms with Gasteiger partial charge in [0, 0.05) is 18.4 Å². The third kappa shape index (κ3) is 2.14. The van der Waals surface area contributed by atoms with Gasteiger partial charge in [0.05, 0.1) is 5.25 Å². The van der Waals surface area contributed by atoms with Crippen LogP contribution < -0.4 is 0 Å². The maximum absolute atomic E-state index is 11.8. The van der Waals surface area contributed by atoms with Gasteiger partial charge in [-0.2, -0.15) is 0 Å². The Hall–Kier alpha value is 0.390. The molecule has 0 aromatic heterocycles. The first-order chi connectivity index (χ1) is 6.50. The van der Waals surface area contributed by atoms with Gasteiger partial charge in [0.2, 0.25) is 10.0 Å². The van der Waals surface area contributed by atoms with Crippen LogP contribution in [0.3, 0.4) is 0 Å². The van der Waals surface area contributed by atoms with Crippen LogP contribution >= 0.6 is 15.9 Å². The number of nitrogens with zero attached hydrogens (tertiary/aromatic N) is 1. The van der Waals surface area contributed by atoms with Crippen LogP contribution in [0, 0.1) is 5.92 Å². The van der Waals surface area contributed by atoms with Crippen molar-refractivity contribution in [1.82, 2.24) is 4.31 Å². The van der Waals surface area contributed by atoms with Gasteiger partial charge >= 0.3 is 0 Å². The molecule has 82 valence electrons. The van der Waals surface area contributed by atoms with E-state index >= 15 is 0 Å². The molecule has 0 spiro atoms. The minimum Gasteiger partial charge on any atom is -0.212 e. The van der Waals surface area contributed by atoms with Gasteiger partial charge in [-0.05, 0) is 31.6 Å². The highest BCUT2D eigenvalue weighted by Gasteiger charge is 2.40. The smallest absolute Gasteiger partial charge is 0.212 e. The third-order valence-electron chi connectivity index (χ3n) is 3.07. The molecule has 2 aliphatic carbocycles. The van der Waals surface area contributed by atoms with Crippen molar-refractivity contribution in [3.05, 3.63) is 0 Å². The van der Waals surface area contributed by atoms with Gasteiger partial charge in [-0.1, -0.05) is 15.9 Å². The molecule has 0 unspecified atom stereocenters. The van der Waals surface area contributed by atoms with Gasteiger partial charge in [-0.3, -0.25) is 0 Å². The first kappa shape index (κ1) is 10.9. The van der Waals surface area contributed by atoms with Crippen LogP contribution in [0.15, 0.2) is 0 Å². The molecule has 3 nitrogen and oxygen atoms in total. The van der Waals surface area contributed by atoms with E-state index in [4.69, 9.17) is 0 Å². The number of rotatable bonds is 4. The molecule has 0 amide bonds. The minimum atomic E-state index is -2.94. The van der Waals surface area contributed by atoms with Crippen molar-refractivity contribution in [3.8, 4) is 0 Å². The highest BCUT2D eigenvalue weighted by Crippen LogP contribution is 2.36. The first-order valence-electron chi connectivity index (χ1n) is 5.09. The topological polar surface area (TPSA) is 37.4 Å². The van der Waals surface area contributed by atoms with E-state index in [1.54, 1.807) is 11.4 Å². The zero-order chi connectivity index (χ0) is 10.3. The van der Waals surface area contributed by atoms with E-state index in [-0.39, 0.29) is 5.25 Å². The van der Waals surface area contributed by atoms with Crippen LogP contribution in [-0.4, -0.2) is 36.4 Å². The highest BCUT2D eigenvalue weighted by atomic mass is 79.9. The third-order valence-corrected chi connectivity index (χ3v) is 6.15. The Kier molecular flexibility index (Phi) is 2.92. The zero-order valence-electron chi connectivity index (χ0n) is 8.32. The predicted octanol–water partition coefficient (Wildman–Crippen LogP) is 1.58. The summed E-state index contributed by atoms with van der Waals surface area (Å²) in [7, 11) is -1.22. The molecule has 2 fully saturated rings. The largest absolute Gasteiger partial charge is 0.216 e. The van der Waals surface area contributed by atoms with Gasteiger partial charge < -0.3 is 0 Å². The molecule has 5 heteroatoms. The lowest BCUT2D eigenvalue weighted by atomic mass is 9.85. The molecule has 2 rings (SSSR count). The number of sulfonamides is 1. The standard InChI is InChI=1S/C9H16BrNO2S/c1-11(6-7-4-8(10)5-7)14(12,13)9-2-3-9/h7-9H,2-6H2,1H3. The fraction of sp³-hybridized carbons (Fsp3) is 1.00. The summed E-state index contributed by atoms with van der Waals surface area (Å²) in [4.78, 5) is 0.615. The molecule has 0 aromatic carbocycles. The van der Waals surface area contributed by atoms with E-state index in [2.05, 4.69) is 15.9 Å². The Labute approximate surface area is 94.0 Å². The average Bonchev–Trinajstić information content (AvgIpc) is 2.83. The van der Waals surface area contributed by atoms with Crippen LogP contribution in [0.4, 0.5) is 0 Å². The Balaban J connectivity index is 1.86. The molecule has 0 aliphatic heterocycles. The molecule has 14 heavy (non-hydrogen) atoms. The Bertz CT molecular complexity index is 307. The quantitative estimate of drug-likeness (QED) is 0.734. The normalized spacial score (nSPS) is 33.1. The van der Waals surface area contributed by atoms with Crippen LogP contribution in [0.5, 0.6) is 0 Å². The Morgan fingerprint density at radius 2 is 1.93 bits per heavy atom. The monoisotopic (exact) mass is 281 g/mol. The van der Waals surface area contributed by atoms with Crippen LogP contribution in [0.25, 0.3) is 0 Å². The van der Waals surface area contributed by atoms with Gasteiger partial charge in [0.25, 0.3) is 0 Å². The van der Waals surface area contributed by atoms with Gasteiger partial charge in [0.15, 0.2) is 0 Å². The maximum atomic E-state index is 11.8. The van der Waals surface area contributed by atoms with Crippen molar-refractivity contribution in [2.75, 3.05) is 13.6 Å². The predicted molar refractivity (Wildman–Crippen MR) is 60.0 cm³/mol. The lowest BCUT2D eigenvalue weighted by Crippen LogP contribution is -2.39. The second kappa shape index (κ2) is 3.76. The molecule has 0 atom stereocenters. The van der Waals surface area contributed by atoms with Crippen molar-refractivity contribution >= 4 is 26.0 Å². The molecular formula is C9H16BrNO2S.